The Hall–Kier alpha value is -1.95. The predicted molar refractivity (Wildman–Crippen MR) is 71.9 cm³/mol. The summed E-state index contributed by atoms with van der Waals surface area (Å²) >= 11 is 0. The third-order valence-electron chi connectivity index (χ3n) is 2.95. The van der Waals surface area contributed by atoms with Gasteiger partial charge in [0.05, 0.1) is 18.4 Å². The van der Waals surface area contributed by atoms with Crippen LogP contribution in [0.25, 0.3) is 0 Å². The number of ether oxygens (including phenoxy) is 1. The topological polar surface area (TPSA) is 34.4 Å². The zero-order chi connectivity index (χ0) is 15.3. The number of furan rings is 1. The van der Waals surface area contributed by atoms with Crippen LogP contribution >= 0.6 is 0 Å². The summed E-state index contributed by atoms with van der Waals surface area (Å²) in [6.07, 6.45) is -2.76. The Bertz CT molecular complexity index is 561. The van der Waals surface area contributed by atoms with Crippen LogP contribution in [0.15, 0.2) is 41.0 Å². The van der Waals surface area contributed by atoms with Gasteiger partial charge in [-0.1, -0.05) is 6.92 Å². The Morgan fingerprint density at radius 3 is 2.48 bits per heavy atom. The smallest absolute Gasteiger partial charge is 0.416 e. The van der Waals surface area contributed by atoms with Gasteiger partial charge in [0.1, 0.15) is 18.1 Å². The van der Waals surface area contributed by atoms with E-state index in [1.807, 2.05) is 6.92 Å². The normalized spacial score (nSPS) is 11.6. The minimum Gasteiger partial charge on any atom is -0.489 e. The van der Waals surface area contributed by atoms with Crippen LogP contribution in [-0.2, 0) is 19.3 Å². The van der Waals surface area contributed by atoms with E-state index in [0.29, 0.717) is 12.3 Å². The third-order valence-corrected chi connectivity index (χ3v) is 2.95. The molecule has 0 saturated carbocycles. The molecular weight excluding hydrogens is 283 g/mol. The maximum absolute atomic E-state index is 12.4. The van der Waals surface area contributed by atoms with Crippen LogP contribution in [0, 0.1) is 0 Å². The Morgan fingerprint density at radius 2 is 1.86 bits per heavy atom. The first-order valence-corrected chi connectivity index (χ1v) is 6.56. The molecule has 0 bridgehead atoms. The van der Waals surface area contributed by atoms with Crippen molar-refractivity contribution in [2.24, 2.45) is 0 Å². The second kappa shape index (κ2) is 6.67. The summed E-state index contributed by atoms with van der Waals surface area (Å²) in [5.41, 5.74) is 0.182. The van der Waals surface area contributed by atoms with Crippen molar-refractivity contribution in [1.29, 1.82) is 0 Å². The molecule has 0 aliphatic rings. The van der Waals surface area contributed by atoms with E-state index in [0.717, 1.165) is 30.0 Å². The fourth-order valence-corrected chi connectivity index (χ4v) is 1.79. The molecule has 0 unspecified atom stereocenters. The van der Waals surface area contributed by atoms with E-state index in [2.05, 4.69) is 5.32 Å². The quantitative estimate of drug-likeness (QED) is 0.876. The molecule has 6 heteroatoms. The van der Waals surface area contributed by atoms with Gasteiger partial charge in [-0.15, -0.1) is 0 Å². The lowest BCUT2D eigenvalue weighted by Gasteiger charge is -2.09. The summed E-state index contributed by atoms with van der Waals surface area (Å²) < 4.78 is 48.1. The number of alkyl halides is 3. The van der Waals surface area contributed by atoms with Crippen molar-refractivity contribution in [2.75, 3.05) is 6.54 Å². The van der Waals surface area contributed by atoms with Crippen molar-refractivity contribution < 1.29 is 22.3 Å². The third kappa shape index (κ3) is 4.26. The summed E-state index contributed by atoms with van der Waals surface area (Å²) in [6, 6.07) is 6.42. The average molecular weight is 299 g/mol. The minimum absolute atomic E-state index is 0.253. The van der Waals surface area contributed by atoms with E-state index in [4.69, 9.17) is 9.15 Å². The molecule has 21 heavy (non-hydrogen) atoms. The van der Waals surface area contributed by atoms with Crippen molar-refractivity contribution >= 4 is 0 Å². The van der Waals surface area contributed by atoms with Gasteiger partial charge in [0.15, 0.2) is 0 Å². The van der Waals surface area contributed by atoms with Gasteiger partial charge < -0.3 is 14.5 Å². The molecular formula is C15H16F3NO2. The highest BCUT2D eigenvalue weighted by molar-refractivity contribution is 5.29. The molecule has 3 nitrogen and oxygen atoms in total. The number of hydrogen-bond donors (Lipinski definition) is 1. The first-order chi connectivity index (χ1) is 10.0. The SMILES string of the molecule is CCNCc1occc1COc1ccc(C(F)(F)F)cc1. The molecule has 114 valence electrons. The molecule has 0 atom stereocenters. The number of rotatable bonds is 6. The molecule has 1 aromatic heterocycles. The molecule has 0 aliphatic carbocycles. The number of hydrogen-bond acceptors (Lipinski definition) is 3. The number of benzene rings is 1. The molecule has 0 saturated heterocycles. The largest absolute Gasteiger partial charge is 0.489 e. The summed E-state index contributed by atoms with van der Waals surface area (Å²) in [6.45, 7) is 3.65. The molecule has 1 aromatic carbocycles. The van der Waals surface area contributed by atoms with Gasteiger partial charge in [-0.25, -0.2) is 0 Å². The fourth-order valence-electron chi connectivity index (χ4n) is 1.79. The van der Waals surface area contributed by atoms with E-state index >= 15 is 0 Å². The molecule has 2 rings (SSSR count). The second-order valence-electron chi connectivity index (χ2n) is 4.46. The van der Waals surface area contributed by atoms with Crippen LogP contribution in [-0.4, -0.2) is 6.54 Å². The van der Waals surface area contributed by atoms with Crippen LogP contribution in [0.3, 0.4) is 0 Å². The molecule has 0 fully saturated rings. The van der Waals surface area contributed by atoms with Crippen LogP contribution in [0.2, 0.25) is 0 Å². The van der Waals surface area contributed by atoms with Gasteiger partial charge in [-0.3, -0.25) is 0 Å². The monoisotopic (exact) mass is 299 g/mol. The van der Waals surface area contributed by atoms with Gasteiger partial charge in [-0.05, 0) is 36.9 Å². The van der Waals surface area contributed by atoms with Gasteiger partial charge in [-0.2, -0.15) is 13.2 Å². The van der Waals surface area contributed by atoms with Crippen molar-refractivity contribution in [3.8, 4) is 5.75 Å². The molecule has 0 radical (unpaired) electrons. The van der Waals surface area contributed by atoms with Gasteiger partial charge in [0.2, 0.25) is 0 Å². The first kappa shape index (κ1) is 15.4. The maximum Gasteiger partial charge on any atom is 0.416 e. The summed E-state index contributed by atoms with van der Waals surface area (Å²) in [5.74, 6) is 1.15. The lowest BCUT2D eigenvalue weighted by Crippen LogP contribution is -2.12. The lowest BCUT2D eigenvalue weighted by molar-refractivity contribution is -0.137. The zero-order valence-corrected chi connectivity index (χ0v) is 11.5. The number of nitrogens with one attached hydrogen (secondary N) is 1. The van der Waals surface area contributed by atoms with E-state index in [1.165, 1.54) is 12.1 Å². The average Bonchev–Trinajstić information content (AvgIpc) is 2.90. The number of halogens is 3. The standard InChI is InChI=1S/C15H16F3NO2/c1-2-19-9-14-11(7-8-20-14)10-21-13-5-3-12(4-6-13)15(16,17)18/h3-8,19H,2,9-10H2,1H3. The molecule has 2 aromatic rings. The van der Waals surface area contributed by atoms with E-state index in [1.54, 1.807) is 12.3 Å². The molecule has 1 N–H and O–H groups in total. The summed E-state index contributed by atoms with van der Waals surface area (Å²) in [4.78, 5) is 0. The van der Waals surface area contributed by atoms with Crippen molar-refractivity contribution in [3.05, 3.63) is 53.5 Å². The van der Waals surface area contributed by atoms with Crippen LogP contribution in [0.5, 0.6) is 5.75 Å². The van der Waals surface area contributed by atoms with Crippen LogP contribution in [0.1, 0.15) is 23.8 Å². The summed E-state index contributed by atoms with van der Waals surface area (Å²) in [5, 5.41) is 3.14. The van der Waals surface area contributed by atoms with E-state index in [9.17, 15) is 13.2 Å². The highest BCUT2D eigenvalue weighted by atomic mass is 19.4. The molecule has 1 heterocycles. The van der Waals surface area contributed by atoms with Gasteiger partial charge in [0, 0.05) is 5.56 Å². The minimum atomic E-state index is -4.33. The highest BCUT2D eigenvalue weighted by Gasteiger charge is 2.30. The maximum atomic E-state index is 12.4. The highest BCUT2D eigenvalue weighted by Crippen LogP contribution is 2.30. The first-order valence-electron chi connectivity index (χ1n) is 6.56. The van der Waals surface area contributed by atoms with Crippen molar-refractivity contribution in [1.82, 2.24) is 5.32 Å². The van der Waals surface area contributed by atoms with Gasteiger partial charge in [0.25, 0.3) is 0 Å². The van der Waals surface area contributed by atoms with Crippen LogP contribution < -0.4 is 10.1 Å². The predicted octanol–water partition coefficient (Wildman–Crippen LogP) is 3.99. The second-order valence-corrected chi connectivity index (χ2v) is 4.46. The van der Waals surface area contributed by atoms with E-state index in [-0.39, 0.29) is 6.61 Å². The molecule has 0 amide bonds. The Kier molecular flexibility index (Phi) is 4.90. The van der Waals surface area contributed by atoms with Crippen LogP contribution in [0.4, 0.5) is 13.2 Å². The van der Waals surface area contributed by atoms with E-state index < -0.39 is 11.7 Å². The Balaban J connectivity index is 1.95. The van der Waals surface area contributed by atoms with Gasteiger partial charge >= 0.3 is 6.18 Å². The zero-order valence-electron chi connectivity index (χ0n) is 11.5. The van der Waals surface area contributed by atoms with Crippen molar-refractivity contribution in [3.63, 3.8) is 0 Å². The fraction of sp³-hybridized carbons (Fsp3) is 0.333. The van der Waals surface area contributed by atoms with Crippen molar-refractivity contribution in [2.45, 2.75) is 26.3 Å². The Labute approximate surface area is 120 Å². The Morgan fingerprint density at radius 1 is 1.14 bits per heavy atom. The molecule has 0 aliphatic heterocycles. The lowest BCUT2D eigenvalue weighted by atomic mass is 10.2. The summed E-state index contributed by atoms with van der Waals surface area (Å²) in [7, 11) is 0. The molecule has 0 spiro atoms.